The second kappa shape index (κ2) is 12.5. The molecule has 1 aromatic carbocycles. The summed E-state index contributed by atoms with van der Waals surface area (Å²) in [4.78, 5) is 33.5. The van der Waals surface area contributed by atoms with Crippen LogP contribution in [0.2, 0.25) is 0 Å². The quantitative estimate of drug-likeness (QED) is 0.244. The summed E-state index contributed by atoms with van der Waals surface area (Å²) in [7, 11) is 0. The average Bonchev–Trinajstić information content (AvgIpc) is 3.69. The Morgan fingerprint density at radius 3 is 2.72 bits per heavy atom. The number of rotatable bonds is 6. The van der Waals surface area contributed by atoms with Gasteiger partial charge in [0.15, 0.2) is 17.2 Å². The van der Waals surface area contributed by atoms with E-state index in [0.717, 1.165) is 5.56 Å². The Bertz CT molecular complexity index is 2180. The van der Waals surface area contributed by atoms with Gasteiger partial charge < -0.3 is 33.5 Å². The maximum absolute atomic E-state index is 14.1. The van der Waals surface area contributed by atoms with E-state index < -0.39 is 36.0 Å². The van der Waals surface area contributed by atoms with Crippen LogP contribution in [0.15, 0.2) is 59.3 Å². The number of benzene rings is 1. The third-order valence-electron chi connectivity index (χ3n) is 9.55. The largest absolute Gasteiger partial charge is 0.480 e. The number of hydrogen-bond donors (Lipinski definition) is 1. The molecular weight excluding hydrogens is 650 g/mol. The second-order valence-electron chi connectivity index (χ2n) is 12.8. The van der Waals surface area contributed by atoms with Crippen LogP contribution in [0.3, 0.4) is 0 Å². The monoisotopic (exact) mass is 682 g/mol. The number of nitrogens with zero attached hydrogens (tertiary/aromatic N) is 6. The van der Waals surface area contributed by atoms with Crippen molar-refractivity contribution in [3.8, 4) is 17.7 Å². The van der Waals surface area contributed by atoms with Gasteiger partial charge in [-0.1, -0.05) is 18.1 Å². The fourth-order valence-corrected chi connectivity index (χ4v) is 6.84. The molecule has 256 valence electrons. The van der Waals surface area contributed by atoms with E-state index in [2.05, 4.69) is 43.6 Å². The molecule has 0 amide bonds. The Hall–Kier alpha value is -5.39. The maximum Gasteiger partial charge on any atom is 0.326 e. The van der Waals surface area contributed by atoms with Crippen molar-refractivity contribution < 1.29 is 37.3 Å². The van der Waals surface area contributed by atoms with Gasteiger partial charge in [0.25, 0.3) is 6.43 Å². The number of carboxylic acid groups (broad SMARTS) is 1. The fraction of sp³-hybridized carbons (Fsp3) is 0.361. The number of furan rings is 1. The number of pyridine rings is 2. The lowest BCUT2D eigenvalue weighted by atomic mass is 9.90. The van der Waals surface area contributed by atoms with E-state index in [1.807, 2.05) is 25.1 Å². The van der Waals surface area contributed by atoms with Crippen molar-refractivity contribution in [1.29, 1.82) is 0 Å². The number of aromatic nitrogens is 4. The molecule has 0 bridgehead atoms. The van der Waals surface area contributed by atoms with E-state index in [1.165, 1.54) is 4.90 Å². The Morgan fingerprint density at radius 2 is 1.96 bits per heavy atom. The topological polar surface area (TPSA) is 136 Å². The van der Waals surface area contributed by atoms with Crippen LogP contribution in [-0.4, -0.2) is 87.7 Å². The van der Waals surface area contributed by atoms with Gasteiger partial charge >= 0.3 is 5.97 Å². The van der Waals surface area contributed by atoms with E-state index in [1.54, 1.807) is 36.7 Å². The zero-order valence-electron chi connectivity index (χ0n) is 27.2. The predicted octanol–water partition coefficient (Wildman–Crippen LogP) is 4.92. The highest BCUT2D eigenvalue weighted by Gasteiger charge is 2.50. The minimum atomic E-state index is -2.99. The molecule has 0 radical (unpaired) electrons. The van der Waals surface area contributed by atoms with E-state index in [0.29, 0.717) is 54.3 Å². The number of carboxylic acids is 1. The van der Waals surface area contributed by atoms with Gasteiger partial charge in [-0.2, -0.15) is 0 Å². The van der Waals surface area contributed by atoms with Crippen molar-refractivity contribution in [2.24, 2.45) is 0 Å². The van der Waals surface area contributed by atoms with E-state index in [-0.39, 0.29) is 41.8 Å². The van der Waals surface area contributed by atoms with Crippen LogP contribution < -0.4 is 14.5 Å². The number of aryl methyl sites for hydroxylation is 1. The number of alkyl halides is 2. The zero-order chi connectivity index (χ0) is 34.6. The molecule has 7 heterocycles. The van der Waals surface area contributed by atoms with Crippen LogP contribution in [0.1, 0.15) is 42.4 Å². The van der Waals surface area contributed by atoms with Crippen molar-refractivity contribution in [2.45, 2.75) is 50.5 Å². The van der Waals surface area contributed by atoms with Gasteiger partial charge in [-0.3, -0.25) is 0 Å². The first kappa shape index (κ1) is 31.9. The smallest absolute Gasteiger partial charge is 0.326 e. The molecule has 3 saturated heterocycles. The molecule has 50 heavy (non-hydrogen) atoms. The van der Waals surface area contributed by atoms with Crippen LogP contribution in [0.4, 0.5) is 20.3 Å². The van der Waals surface area contributed by atoms with Gasteiger partial charge in [0.05, 0.1) is 32.4 Å². The number of anilines is 2. The minimum Gasteiger partial charge on any atom is -0.480 e. The molecule has 8 rings (SSSR count). The molecule has 5 aromatic rings. The number of ether oxygens (including phenoxy) is 3. The molecule has 0 unspecified atom stereocenters. The number of hydrogen-bond acceptors (Lipinski definition) is 11. The fourth-order valence-electron chi connectivity index (χ4n) is 6.84. The molecule has 12 nitrogen and oxygen atoms in total. The van der Waals surface area contributed by atoms with Crippen LogP contribution in [0.25, 0.3) is 22.1 Å². The lowest BCUT2D eigenvalue weighted by Crippen LogP contribution is -2.68. The van der Waals surface area contributed by atoms with Crippen LogP contribution in [0.5, 0.6) is 5.88 Å². The molecule has 3 atom stereocenters. The summed E-state index contributed by atoms with van der Waals surface area (Å²) in [5.74, 6) is 4.64. The summed E-state index contributed by atoms with van der Waals surface area (Å²) in [6, 6.07) is 11.4. The van der Waals surface area contributed by atoms with Gasteiger partial charge in [-0.25, -0.2) is 33.5 Å². The van der Waals surface area contributed by atoms with E-state index in [4.69, 9.17) is 18.6 Å². The first-order valence-corrected chi connectivity index (χ1v) is 16.3. The SMILES string of the molecule is Cc1ccnc(C#Cc2cnc(O[C@H]3C[C@@H](C(=O)O)N(c4nc(C(F)F)nc5c4oc4ccccc45)C3)c(N3CCOC4(COC4)[C@@H]3C)c2)c1. The summed E-state index contributed by atoms with van der Waals surface area (Å²) in [6.45, 7) is 5.98. The summed E-state index contributed by atoms with van der Waals surface area (Å²) in [6.07, 6.45) is -0.339. The highest BCUT2D eigenvalue weighted by Crippen LogP contribution is 2.41. The van der Waals surface area contributed by atoms with Crippen LogP contribution in [0, 0.1) is 18.8 Å². The summed E-state index contributed by atoms with van der Waals surface area (Å²) in [5.41, 5.74) is 3.23. The number of morpholine rings is 1. The Kier molecular flexibility index (Phi) is 7.96. The van der Waals surface area contributed by atoms with Gasteiger partial charge in [0.1, 0.15) is 40.2 Å². The van der Waals surface area contributed by atoms with Crippen molar-refractivity contribution >= 4 is 39.5 Å². The zero-order valence-corrected chi connectivity index (χ0v) is 27.2. The molecule has 3 aliphatic rings. The van der Waals surface area contributed by atoms with Crippen LogP contribution in [-0.2, 0) is 14.3 Å². The van der Waals surface area contributed by atoms with Crippen molar-refractivity contribution in [3.05, 3.63) is 77.5 Å². The second-order valence-corrected chi connectivity index (χ2v) is 12.8. The number of fused-ring (bicyclic) bond motifs is 3. The Morgan fingerprint density at radius 1 is 1.12 bits per heavy atom. The lowest BCUT2D eigenvalue weighted by molar-refractivity contribution is -0.228. The molecular formula is C36H32F2N6O6. The first-order valence-electron chi connectivity index (χ1n) is 16.3. The molecule has 0 aliphatic carbocycles. The third kappa shape index (κ3) is 5.62. The van der Waals surface area contributed by atoms with E-state index in [9.17, 15) is 18.7 Å². The molecule has 14 heteroatoms. The molecule has 1 spiro atoms. The molecule has 3 fully saturated rings. The first-order chi connectivity index (χ1) is 24.2. The van der Waals surface area contributed by atoms with Crippen molar-refractivity contribution in [1.82, 2.24) is 19.9 Å². The number of para-hydroxylation sites is 1. The van der Waals surface area contributed by atoms with Gasteiger partial charge in [-0.15, -0.1) is 0 Å². The van der Waals surface area contributed by atoms with Crippen molar-refractivity contribution in [2.75, 3.05) is 42.7 Å². The number of carbonyl (C=O) groups is 1. The van der Waals surface area contributed by atoms with E-state index >= 15 is 0 Å². The highest BCUT2D eigenvalue weighted by molar-refractivity contribution is 6.06. The number of aliphatic carboxylic acids is 1. The molecule has 4 aromatic heterocycles. The van der Waals surface area contributed by atoms with Gasteiger partial charge in [-0.05, 0) is 55.7 Å². The molecule has 1 N–H and O–H groups in total. The van der Waals surface area contributed by atoms with Crippen molar-refractivity contribution in [3.63, 3.8) is 0 Å². The predicted molar refractivity (Wildman–Crippen MR) is 178 cm³/mol. The van der Waals surface area contributed by atoms with Crippen LogP contribution >= 0.6 is 0 Å². The summed E-state index contributed by atoms with van der Waals surface area (Å²) < 4.78 is 52.4. The lowest BCUT2D eigenvalue weighted by Gasteiger charge is -2.53. The summed E-state index contributed by atoms with van der Waals surface area (Å²) in [5, 5.41) is 10.8. The standard InChI is InChI=1S/C36H32F2N6O6/c1-20-9-10-39-23(13-20)8-7-22-14-26(43-11-12-48-36(21(43)2)18-47-19-36)34(40-16-22)49-24-15-27(35(45)46)44(17-24)33-30-29(41-32(42-33)31(37)38)25-5-3-4-6-28(25)50-30/h3-6,9-10,13-14,16,21,24,27,31H,11-12,15,17-19H2,1-2H3,(H,45,46)/t21-,24-,27-/m0/s1. The molecule has 3 aliphatic heterocycles. The number of halogens is 2. The highest BCUT2D eigenvalue weighted by atomic mass is 19.3. The average molecular weight is 683 g/mol. The van der Waals surface area contributed by atoms with Gasteiger partial charge in [0.2, 0.25) is 5.88 Å². The molecule has 0 saturated carbocycles. The normalized spacial score (nSPS) is 21.4. The third-order valence-corrected chi connectivity index (χ3v) is 9.55. The summed E-state index contributed by atoms with van der Waals surface area (Å²) >= 11 is 0. The maximum atomic E-state index is 14.1. The van der Waals surface area contributed by atoms with Gasteiger partial charge in [0, 0.05) is 36.3 Å². The Labute approximate surface area is 285 Å². The Balaban J connectivity index is 1.16. The minimum absolute atomic E-state index is 0.0148.